The molecule has 0 aliphatic heterocycles. The highest BCUT2D eigenvalue weighted by atomic mass is 14.7. The van der Waals surface area contributed by atoms with E-state index in [4.69, 9.17) is 7.85 Å². The molecule has 1 aromatic rings. The van der Waals surface area contributed by atoms with Crippen LogP contribution in [0, 0.1) is 5.41 Å². The Morgan fingerprint density at radius 1 is 1.31 bits per heavy atom. The number of aromatic nitrogens is 1. The molecule has 0 aromatic carbocycles. The van der Waals surface area contributed by atoms with Gasteiger partial charge in [-0.2, -0.15) is 0 Å². The van der Waals surface area contributed by atoms with Gasteiger partial charge in [-0.05, 0) is 17.1 Å². The Bertz CT molecular complexity index is 288. The van der Waals surface area contributed by atoms with Crippen LogP contribution >= 0.6 is 0 Å². The predicted octanol–water partition coefficient (Wildman–Crippen LogP) is 2.02. The van der Waals surface area contributed by atoms with Gasteiger partial charge in [-0.3, -0.25) is 4.98 Å². The molecule has 1 aromatic heterocycles. The van der Waals surface area contributed by atoms with E-state index in [9.17, 15) is 0 Å². The zero-order valence-corrected chi connectivity index (χ0v) is 8.83. The Kier molecular flexibility index (Phi) is 2.79. The van der Waals surface area contributed by atoms with Crippen molar-refractivity contribution in [2.45, 2.75) is 33.6 Å². The van der Waals surface area contributed by atoms with Gasteiger partial charge in [0.25, 0.3) is 0 Å². The molecule has 2 heteroatoms. The van der Waals surface area contributed by atoms with E-state index in [1.54, 1.807) is 0 Å². The minimum absolute atomic E-state index is 0.237. The summed E-state index contributed by atoms with van der Waals surface area (Å²) in [5.41, 5.74) is 1.92. The van der Waals surface area contributed by atoms with Crippen molar-refractivity contribution in [2.75, 3.05) is 0 Å². The average Bonchev–Trinajstić information content (AvgIpc) is 2.01. The van der Waals surface area contributed by atoms with Crippen molar-refractivity contribution in [1.82, 2.24) is 4.98 Å². The fourth-order valence-corrected chi connectivity index (χ4v) is 1.15. The first-order valence-electron chi connectivity index (χ1n) is 4.63. The molecular formula is C11H16BN. The van der Waals surface area contributed by atoms with E-state index in [0.717, 1.165) is 5.69 Å². The molecule has 68 valence electrons. The number of pyridine rings is 1. The Balaban J connectivity index is 2.96. The second kappa shape index (κ2) is 3.53. The Morgan fingerprint density at radius 2 is 1.92 bits per heavy atom. The molecule has 1 rings (SSSR count). The fourth-order valence-electron chi connectivity index (χ4n) is 1.15. The van der Waals surface area contributed by atoms with Crippen LogP contribution in [0.4, 0.5) is 0 Å². The van der Waals surface area contributed by atoms with Crippen LogP contribution in [-0.4, -0.2) is 12.8 Å². The fraction of sp³-hybridized carbons (Fsp3) is 0.545. The predicted molar refractivity (Wildman–Crippen MR) is 57.5 cm³/mol. The first-order chi connectivity index (χ1) is 5.91. The normalized spacial score (nSPS) is 14.2. The maximum Gasteiger partial charge on any atom is 0.141 e. The summed E-state index contributed by atoms with van der Waals surface area (Å²) in [5.74, 6) is 0.427. The van der Waals surface area contributed by atoms with Crippen LogP contribution in [0.2, 0.25) is 0 Å². The van der Waals surface area contributed by atoms with Gasteiger partial charge in [-0.25, -0.2) is 0 Å². The van der Waals surface area contributed by atoms with E-state index < -0.39 is 0 Å². The van der Waals surface area contributed by atoms with E-state index in [2.05, 4.69) is 32.7 Å². The van der Waals surface area contributed by atoms with Crippen molar-refractivity contribution in [3.8, 4) is 0 Å². The van der Waals surface area contributed by atoms with Gasteiger partial charge in [0.1, 0.15) is 7.85 Å². The summed E-state index contributed by atoms with van der Waals surface area (Å²) in [6.45, 7) is 8.81. The Morgan fingerprint density at radius 3 is 2.38 bits per heavy atom. The zero-order chi connectivity index (χ0) is 10.1. The average molecular weight is 173 g/mol. The van der Waals surface area contributed by atoms with E-state index in [1.165, 1.54) is 0 Å². The first-order valence-corrected chi connectivity index (χ1v) is 4.63. The Hall–Kier alpha value is -0.785. The summed E-state index contributed by atoms with van der Waals surface area (Å²) in [7, 11) is 5.63. The molecule has 0 aliphatic rings. The SMILES string of the molecule is [B]c1cccc(C(C)C(C)(C)C)n1. The van der Waals surface area contributed by atoms with Gasteiger partial charge < -0.3 is 0 Å². The van der Waals surface area contributed by atoms with Crippen LogP contribution in [0.3, 0.4) is 0 Å². The summed E-state index contributed by atoms with van der Waals surface area (Å²) < 4.78 is 0. The van der Waals surface area contributed by atoms with Crippen LogP contribution < -0.4 is 5.59 Å². The minimum Gasteiger partial charge on any atom is -0.269 e. The summed E-state index contributed by atoms with van der Waals surface area (Å²) in [6.07, 6.45) is 0. The molecule has 2 radical (unpaired) electrons. The highest BCUT2D eigenvalue weighted by molar-refractivity contribution is 6.30. The second-order valence-electron chi connectivity index (χ2n) is 4.58. The van der Waals surface area contributed by atoms with E-state index in [0.29, 0.717) is 11.5 Å². The first kappa shape index (κ1) is 10.3. The van der Waals surface area contributed by atoms with E-state index in [1.807, 2.05) is 18.2 Å². The highest BCUT2D eigenvalue weighted by Gasteiger charge is 2.22. The van der Waals surface area contributed by atoms with Crippen molar-refractivity contribution >= 4 is 13.4 Å². The Labute approximate surface area is 82.0 Å². The lowest BCUT2D eigenvalue weighted by Crippen LogP contribution is -2.19. The molecule has 1 unspecified atom stereocenters. The molecule has 0 aliphatic carbocycles. The maximum absolute atomic E-state index is 5.63. The van der Waals surface area contributed by atoms with Gasteiger partial charge >= 0.3 is 0 Å². The van der Waals surface area contributed by atoms with Crippen molar-refractivity contribution in [3.63, 3.8) is 0 Å². The van der Waals surface area contributed by atoms with Gasteiger partial charge in [0.15, 0.2) is 0 Å². The number of hydrogen-bond donors (Lipinski definition) is 0. The van der Waals surface area contributed by atoms with Crippen molar-refractivity contribution in [3.05, 3.63) is 23.9 Å². The van der Waals surface area contributed by atoms with Gasteiger partial charge in [-0.15, -0.1) is 0 Å². The third kappa shape index (κ3) is 2.58. The number of nitrogens with zero attached hydrogens (tertiary/aromatic N) is 1. The molecule has 0 saturated carbocycles. The standard InChI is InChI=1S/C11H16BN/c1-8(11(2,3)4)9-6-5-7-10(12)13-9/h5-8H,1-4H3. The molecular weight excluding hydrogens is 157 g/mol. The lowest BCUT2D eigenvalue weighted by atomic mass is 9.79. The van der Waals surface area contributed by atoms with Crippen LogP contribution in [0.1, 0.15) is 39.3 Å². The highest BCUT2D eigenvalue weighted by Crippen LogP contribution is 2.32. The van der Waals surface area contributed by atoms with Crippen molar-refractivity contribution in [2.24, 2.45) is 5.41 Å². The molecule has 13 heavy (non-hydrogen) atoms. The van der Waals surface area contributed by atoms with Gasteiger partial charge in [0.05, 0.1) is 0 Å². The molecule has 0 saturated heterocycles. The van der Waals surface area contributed by atoms with Gasteiger partial charge in [-0.1, -0.05) is 39.8 Å². The van der Waals surface area contributed by atoms with E-state index >= 15 is 0 Å². The summed E-state index contributed by atoms with van der Waals surface area (Å²) in [6, 6.07) is 5.81. The smallest absolute Gasteiger partial charge is 0.141 e. The quantitative estimate of drug-likeness (QED) is 0.592. The second-order valence-corrected chi connectivity index (χ2v) is 4.58. The van der Waals surface area contributed by atoms with Gasteiger partial charge in [0.2, 0.25) is 0 Å². The largest absolute Gasteiger partial charge is 0.269 e. The van der Waals surface area contributed by atoms with Crippen LogP contribution in [-0.2, 0) is 0 Å². The molecule has 0 N–H and O–H groups in total. The summed E-state index contributed by atoms with van der Waals surface area (Å²) >= 11 is 0. The molecule has 1 nitrogen and oxygen atoms in total. The molecule has 0 fully saturated rings. The molecule has 0 spiro atoms. The molecule has 1 heterocycles. The topological polar surface area (TPSA) is 12.9 Å². The summed E-state index contributed by atoms with van der Waals surface area (Å²) in [4.78, 5) is 4.32. The van der Waals surface area contributed by atoms with Crippen molar-refractivity contribution < 1.29 is 0 Å². The van der Waals surface area contributed by atoms with Crippen LogP contribution in [0.5, 0.6) is 0 Å². The molecule has 1 atom stereocenters. The number of hydrogen-bond acceptors (Lipinski definition) is 1. The summed E-state index contributed by atoms with van der Waals surface area (Å²) in [5, 5.41) is 0. The lowest BCUT2D eigenvalue weighted by Gasteiger charge is -2.26. The van der Waals surface area contributed by atoms with E-state index in [-0.39, 0.29) is 5.41 Å². The molecule has 0 bridgehead atoms. The van der Waals surface area contributed by atoms with Gasteiger partial charge in [0, 0.05) is 11.6 Å². The third-order valence-electron chi connectivity index (χ3n) is 2.53. The maximum atomic E-state index is 5.63. The minimum atomic E-state index is 0.237. The van der Waals surface area contributed by atoms with Crippen molar-refractivity contribution in [1.29, 1.82) is 0 Å². The molecule has 0 amide bonds. The zero-order valence-electron chi connectivity index (χ0n) is 8.83. The van der Waals surface area contributed by atoms with Crippen LogP contribution in [0.25, 0.3) is 0 Å². The third-order valence-corrected chi connectivity index (χ3v) is 2.53. The number of rotatable bonds is 1. The lowest BCUT2D eigenvalue weighted by molar-refractivity contribution is 0.334. The monoisotopic (exact) mass is 173 g/mol. The van der Waals surface area contributed by atoms with Crippen LogP contribution in [0.15, 0.2) is 18.2 Å².